The van der Waals surface area contributed by atoms with E-state index in [9.17, 15) is 4.79 Å². The molecule has 0 saturated heterocycles. The van der Waals surface area contributed by atoms with Gasteiger partial charge >= 0.3 is 0 Å². The Bertz CT molecular complexity index is 831. The predicted octanol–water partition coefficient (Wildman–Crippen LogP) is 1.04. The summed E-state index contributed by atoms with van der Waals surface area (Å²) >= 11 is 0. The Balaban J connectivity index is 2.41. The number of aromatic nitrogens is 5. The van der Waals surface area contributed by atoms with Crippen LogP contribution in [0.1, 0.15) is 5.56 Å². The molecule has 0 aliphatic carbocycles. The third kappa shape index (κ3) is 1.72. The Morgan fingerprint density at radius 3 is 2.68 bits per heavy atom. The van der Waals surface area contributed by atoms with Gasteiger partial charge in [-0.3, -0.25) is 4.79 Å². The Morgan fingerprint density at radius 1 is 1.21 bits per heavy atom. The molecular formula is C13H13N5O. The summed E-state index contributed by atoms with van der Waals surface area (Å²) in [6.07, 6.45) is 1.77. The molecule has 0 saturated carbocycles. The molecule has 2 aromatic heterocycles. The summed E-state index contributed by atoms with van der Waals surface area (Å²) in [5, 5.41) is 11.9. The van der Waals surface area contributed by atoms with Crippen molar-refractivity contribution in [2.45, 2.75) is 6.92 Å². The molecule has 0 N–H and O–H groups in total. The van der Waals surface area contributed by atoms with Gasteiger partial charge < -0.3 is 4.57 Å². The molecule has 2 heterocycles. The monoisotopic (exact) mass is 255 g/mol. The molecule has 96 valence electrons. The van der Waals surface area contributed by atoms with Crippen LogP contribution >= 0.6 is 0 Å². The van der Waals surface area contributed by atoms with E-state index in [0.29, 0.717) is 16.8 Å². The molecule has 0 aliphatic rings. The molecule has 0 bridgehead atoms. The highest BCUT2D eigenvalue weighted by Crippen LogP contribution is 2.17. The van der Waals surface area contributed by atoms with Gasteiger partial charge in [0.15, 0.2) is 11.3 Å². The Hall–Kier alpha value is -2.50. The van der Waals surface area contributed by atoms with Crippen molar-refractivity contribution in [2.75, 3.05) is 0 Å². The SMILES string of the molecule is Cc1ccc2c(=O)c(-c3nnnn3C)cn(C)c2c1. The minimum atomic E-state index is -0.0500. The molecule has 0 atom stereocenters. The van der Waals surface area contributed by atoms with Gasteiger partial charge in [-0.15, -0.1) is 5.10 Å². The standard InChI is InChI=1S/C13H13N5O/c1-8-4-5-9-11(6-8)17(2)7-10(12(9)19)13-14-15-16-18(13)3/h4-7H,1-3H3. The lowest BCUT2D eigenvalue weighted by atomic mass is 10.1. The highest BCUT2D eigenvalue weighted by atomic mass is 16.1. The molecule has 0 unspecified atom stereocenters. The Morgan fingerprint density at radius 2 is 2.00 bits per heavy atom. The third-order valence-corrected chi connectivity index (χ3v) is 3.21. The van der Waals surface area contributed by atoms with Gasteiger partial charge in [-0.25, -0.2) is 4.68 Å². The second-order valence-corrected chi connectivity index (χ2v) is 4.63. The Labute approximate surface area is 109 Å². The van der Waals surface area contributed by atoms with Crippen LogP contribution in [-0.2, 0) is 14.1 Å². The van der Waals surface area contributed by atoms with Crippen molar-refractivity contribution in [2.24, 2.45) is 14.1 Å². The summed E-state index contributed by atoms with van der Waals surface area (Å²) < 4.78 is 3.42. The predicted molar refractivity (Wildman–Crippen MR) is 71.7 cm³/mol. The lowest BCUT2D eigenvalue weighted by Crippen LogP contribution is -2.12. The van der Waals surface area contributed by atoms with Gasteiger partial charge in [-0.1, -0.05) is 6.07 Å². The van der Waals surface area contributed by atoms with E-state index in [1.54, 1.807) is 13.2 Å². The van der Waals surface area contributed by atoms with E-state index in [0.717, 1.165) is 11.1 Å². The molecule has 19 heavy (non-hydrogen) atoms. The molecule has 0 spiro atoms. The van der Waals surface area contributed by atoms with Gasteiger partial charge in [0.1, 0.15) is 0 Å². The zero-order valence-corrected chi connectivity index (χ0v) is 11.0. The first kappa shape index (κ1) is 11.6. The van der Waals surface area contributed by atoms with E-state index in [4.69, 9.17) is 0 Å². The number of hydrogen-bond acceptors (Lipinski definition) is 4. The van der Waals surface area contributed by atoms with E-state index in [1.165, 1.54) is 4.68 Å². The molecule has 0 amide bonds. The Kier molecular flexibility index (Phi) is 2.45. The molecule has 3 aromatic rings. The summed E-state index contributed by atoms with van der Waals surface area (Å²) in [4.78, 5) is 12.5. The van der Waals surface area contributed by atoms with Gasteiger partial charge in [0.25, 0.3) is 0 Å². The number of hydrogen-bond donors (Lipinski definition) is 0. The number of tetrazole rings is 1. The first-order valence-corrected chi connectivity index (χ1v) is 5.90. The molecule has 1 aromatic carbocycles. The zero-order chi connectivity index (χ0) is 13.6. The normalized spacial score (nSPS) is 11.1. The van der Waals surface area contributed by atoms with Crippen LogP contribution in [0.2, 0.25) is 0 Å². The molecule has 0 fully saturated rings. The highest BCUT2D eigenvalue weighted by Gasteiger charge is 2.14. The molecule has 0 aliphatic heterocycles. The van der Waals surface area contributed by atoms with Crippen LogP contribution in [0.3, 0.4) is 0 Å². The second-order valence-electron chi connectivity index (χ2n) is 4.63. The third-order valence-electron chi connectivity index (χ3n) is 3.21. The van der Waals surface area contributed by atoms with Crippen molar-refractivity contribution in [3.05, 3.63) is 40.2 Å². The van der Waals surface area contributed by atoms with Crippen LogP contribution < -0.4 is 5.43 Å². The van der Waals surface area contributed by atoms with E-state index in [2.05, 4.69) is 15.5 Å². The summed E-state index contributed by atoms with van der Waals surface area (Å²) in [7, 11) is 3.63. The van der Waals surface area contributed by atoms with Gasteiger partial charge in [0, 0.05) is 25.7 Å². The molecule has 3 rings (SSSR count). The fourth-order valence-electron chi connectivity index (χ4n) is 2.21. The largest absolute Gasteiger partial charge is 0.350 e. The minimum Gasteiger partial charge on any atom is -0.350 e. The lowest BCUT2D eigenvalue weighted by Gasteiger charge is -2.08. The topological polar surface area (TPSA) is 65.6 Å². The van der Waals surface area contributed by atoms with Gasteiger partial charge in [0.05, 0.1) is 11.1 Å². The average molecular weight is 255 g/mol. The van der Waals surface area contributed by atoms with Crippen molar-refractivity contribution in [3.63, 3.8) is 0 Å². The maximum Gasteiger partial charge on any atom is 0.200 e. The van der Waals surface area contributed by atoms with Crippen molar-refractivity contribution in [3.8, 4) is 11.4 Å². The quantitative estimate of drug-likeness (QED) is 0.651. The van der Waals surface area contributed by atoms with Crippen LogP contribution in [0.5, 0.6) is 0 Å². The lowest BCUT2D eigenvalue weighted by molar-refractivity contribution is 0.714. The zero-order valence-electron chi connectivity index (χ0n) is 11.0. The molecule has 0 radical (unpaired) electrons. The average Bonchev–Trinajstić information content (AvgIpc) is 2.80. The van der Waals surface area contributed by atoms with Gasteiger partial charge in [0.2, 0.25) is 0 Å². The van der Waals surface area contributed by atoms with Crippen molar-refractivity contribution in [1.29, 1.82) is 0 Å². The fourth-order valence-corrected chi connectivity index (χ4v) is 2.21. The van der Waals surface area contributed by atoms with Crippen LogP contribution in [-0.4, -0.2) is 24.8 Å². The van der Waals surface area contributed by atoms with Crippen LogP contribution in [0.25, 0.3) is 22.3 Å². The summed E-state index contributed by atoms with van der Waals surface area (Å²) in [6, 6.07) is 5.78. The van der Waals surface area contributed by atoms with Crippen molar-refractivity contribution >= 4 is 10.9 Å². The fraction of sp³-hybridized carbons (Fsp3) is 0.231. The number of aryl methyl sites for hydroxylation is 3. The van der Waals surface area contributed by atoms with Crippen molar-refractivity contribution in [1.82, 2.24) is 24.8 Å². The first-order valence-electron chi connectivity index (χ1n) is 5.90. The number of nitrogens with zero attached hydrogens (tertiary/aromatic N) is 5. The number of benzene rings is 1. The van der Waals surface area contributed by atoms with Crippen LogP contribution in [0.4, 0.5) is 0 Å². The maximum absolute atomic E-state index is 12.5. The molecule has 6 heteroatoms. The number of pyridine rings is 1. The summed E-state index contributed by atoms with van der Waals surface area (Å²) in [6.45, 7) is 2.00. The number of fused-ring (bicyclic) bond motifs is 1. The first-order chi connectivity index (χ1) is 9.08. The number of rotatable bonds is 1. The van der Waals surface area contributed by atoms with E-state index in [1.807, 2.05) is 36.7 Å². The van der Waals surface area contributed by atoms with Crippen molar-refractivity contribution < 1.29 is 0 Å². The van der Waals surface area contributed by atoms with Gasteiger partial charge in [-0.05, 0) is 35.0 Å². The summed E-state index contributed by atoms with van der Waals surface area (Å²) in [5.41, 5.74) is 2.48. The molecule has 6 nitrogen and oxygen atoms in total. The van der Waals surface area contributed by atoms with E-state index < -0.39 is 0 Å². The maximum atomic E-state index is 12.5. The second kappa shape index (κ2) is 4.01. The van der Waals surface area contributed by atoms with E-state index in [-0.39, 0.29) is 5.43 Å². The van der Waals surface area contributed by atoms with Crippen LogP contribution in [0.15, 0.2) is 29.2 Å². The van der Waals surface area contributed by atoms with Crippen LogP contribution in [0, 0.1) is 6.92 Å². The highest BCUT2D eigenvalue weighted by molar-refractivity contribution is 5.83. The molecular weight excluding hydrogens is 242 g/mol. The van der Waals surface area contributed by atoms with E-state index >= 15 is 0 Å². The smallest absolute Gasteiger partial charge is 0.200 e. The minimum absolute atomic E-state index is 0.0500. The summed E-state index contributed by atoms with van der Waals surface area (Å²) in [5.74, 6) is 0.475. The van der Waals surface area contributed by atoms with Gasteiger partial charge in [-0.2, -0.15) is 0 Å².